The van der Waals surface area contributed by atoms with Crippen LogP contribution in [0.5, 0.6) is 0 Å². The van der Waals surface area contributed by atoms with Crippen molar-refractivity contribution in [3.8, 4) is 0 Å². The van der Waals surface area contributed by atoms with Crippen LogP contribution in [0.1, 0.15) is 10.4 Å². The molecule has 2 aromatic rings. The van der Waals surface area contributed by atoms with Crippen LogP contribution < -0.4 is 16.6 Å². The van der Waals surface area contributed by atoms with Gasteiger partial charge in [0.15, 0.2) is 0 Å². The van der Waals surface area contributed by atoms with Crippen LogP contribution in [0.3, 0.4) is 0 Å². The molecule has 0 spiro atoms. The van der Waals surface area contributed by atoms with Crippen LogP contribution in [0.25, 0.3) is 6.08 Å². The fourth-order valence-electron chi connectivity index (χ4n) is 1.76. The molecule has 0 aromatic carbocycles. The van der Waals surface area contributed by atoms with Gasteiger partial charge in [-0.3, -0.25) is 14.2 Å². The van der Waals surface area contributed by atoms with E-state index < -0.39 is 11.2 Å². The minimum Gasteiger partial charge on any atom is -0.348 e. The Morgan fingerprint density at radius 2 is 2.14 bits per heavy atom. The van der Waals surface area contributed by atoms with Crippen molar-refractivity contribution in [3.63, 3.8) is 0 Å². The van der Waals surface area contributed by atoms with Crippen molar-refractivity contribution in [3.05, 3.63) is 61.1 Å². The highest BCUT2D eigenvalue weighted by molar-refractivity contribution is 7.09. The molecule has 0 fully saturated rings. The van der Waals surface area contributed by atoms with E-state index in [4.69, 9.17) is 0 Å². The van der Waals surface area contributed by atoms with Crippen LogP contribution in [0, 0.1) is 0 Å². The summed E-state index contributed by atoms with van der Waals surface area (Å²) >= 11 is 1.56. The number of aromatic nitrogens is 2. The van der Waals surface area contributed by atoms with E-state index in [-0.39, 0.29) is 11.5 Å². The highest BCUT2D eigenvalue weighted by Crippen LogP contribution is 2.07. The summed E-state index contributed by atoms with van der Waals surface area (Å²) in [6.45, 7) is 0.451. The van der Waals surface area contributed by atoms with E-state index in [0.717, 1.165) is 9.44 Å². The van der Waals surface area contributed by atoms with Crippen molar-refractivity contribution in [2.75, 3.05) is 0 Å². The molecule has 2 aromatic heterocycles. The first kappa shape index (κ1) is 15.0. The van der Waals surface area contributed by atoms with Crippen molar-refractivity contribution in [2.45, 2.75) is 6.54 Å². The van der Waals surface area contributed by atoms with E-state index in [9.17, 15) is 14.4 Å². The van der Waals surface area contributed by atoms with Crippen LogP contribution in [0.15, 0.2) is 39.4 Å². The zero-order valence-corrected chi connectivity index (χ0v) is 12.5. The number of nitrogens with zero attached hydrogens (tertiary/aromatic N) is 2. The first-order valence-electron chi connectivity index (χ1n) is 6.24. The van der Waals surface area contributed by atoms with E-state index in [2.05, 4.69) is 5.32 Å². The molecule has 0 aliphatic heterocycles. The summed E-state index contributed by atoms with van der Waals surface area (Å²) in [5, 5.41) is 4.66. The fourth-order valence-corrected chi connectivity index (χ4v) is 2.41. The number of thiophene rings is 1. The molecule has 0 saturated heterocycles. The van der Waals surface area contributed by atoms with Crippen molar-refractivity contribution < 1.29 is 4.79 Å². The van der Waals surface area contributed by atoms with E-state index in [1.165, 1.54) is 30.0 Å². The van der Waals surface area contributed by atoms with Gasteiger partial charge in [0.05, 0.1) is 12.1 Å². The molecule has 1 N–H and O–H groups in total. The van der Waals surface area contributed by atoms with Gasteiger partial charge in [0.2, 0.25) is 5.91 Å². The van der Waals surface area contributed by atoms with Gasteiger partial charge >= 0.3 is 5.69 Å². The zero-order chi connectivity index (χ0) is 15.4. The fraction of sp³-hybridized carbons (Fsp3) is 0.214. The topological polar surface area (TPSA) is 73.1 Å². The Balaban J connectivity index is 2.09. The van der Waals surface area contributed by atoms with Crippen LogP contribution in [0.4, 0.5) is 0 Å². The molecule has 0 aliphatic rings. The second-order valence-corrected chi connectivity index (χ2v) is 5.50. The highest BCUT2D eigenvalue weighted by Gasteiger charge is 2.04. The van der Waals surface area contributed by atoms with Gasteiger partial charge in [-0.15, -0.1) is 11.3 Å². The van der Waals surface area contributed by atoms with Crippen LogP contribution >= 0.6 is 11.3 Å². The lowest BCUT2D eigenvalue weighted by Crippen LogP contribution is -2.37. The molecule has 6 nitrogen and oxygen atoms in total. The molecule has 2 rings (SSSR count). The van der Waals surface area contributed by atoms with Gasteiger partial charge in [-0.2, -0.15) is 0 Å². The number of amides is 1. The summed E-state index contributed by atoms with van der Waals surface area (Å²) in [6.07, 6.45) is 4.11. The first-order valence-corrected chi connectivity index (χ1v) is 7.12. The molecule has 0 atom stereocenters. The Morgan fingerprint density at radius 3 is 2.81 bits per heavy atom. The number of nitrogens with one attached hydrogen (secondary N) is 1. The van der Waals surface area contributed by atoms with E-state index in [1.54, 1.807) is 18.4 Å². The van der Waals surface area contributed by atoms with Crippen LogP contribution in [-0.2, 0) is 25.4 Å². The maximum atomic E-state index is 11.9. The zero-order valence-electron chi connectivity index (χ0n) is 11.7. The molecule has 0 saturated carbocycles. The third-order valence-electron chi connectivity index (χ3n) is 2.90. The molecule has 0 radical (unpaired) electrons. The summed E-state index contributed by atoms with van der Waals surface area (Å²) in [4.78, 5) is 36.1. The largest absolute Gasteiger partial charge is 0.348 e. The average Bonchev–Trinajstić information content (AvgIpc) is 2.98. The predicted octanol–water partition coefficient (Wildman–Crippen LogP) is 0.475. The van der Waals surface area contributed by atoms with Crippen molar-refractivity contribution >= 4 is 23.3 Å². The lowest BCUT2D eigenvalue weighted by molar-refractivity contribution is -0.116. The summed E-state index contributed by atoms with van der Waals surface area (Å²) in [7, 11) is 2.95. The molecule has 7 heteroatoms. The number of hydrogen-bond acceptors (Lipinski definition) is 4. The quantitative estimate of drug-likeness (QED) is 0.835. The third-order valence-corrected chi connectivity index (χ3v) is 3.78. The van der Waals surface area contributed by atoms with Gasteiger partial charge in [0.1, 0.15) is 0 Å². The lowest BCUT2D eigenvalue weighted by atomic mass is 10.3. The van der Waals surface area contributed by atoms with Crippen molar-refractivity contribution in [1.82, 2.24) is 14.5 Å². The summed E-state index contributed by atoms with van der Waals surface area (Å²) in [5.74, 6) is -0.292. The Morgan fingerprint density at radius 1 is 1.38 bits per heavy atom. The Labute approximate surface area is 125 Å². The standard InChI is InChI=1S/C14H15N3O3S/c1-16-9-10(13(19)17(2)14(16)20)5-6-12(18)15-8-11-4-3-7-21-11/h3-7,9H,8H2,1-2H3,(H,15,18)/b6-5+. The molecular formula is C14H15N3O3S. The van der Waals surface area contributed by atoms with Gasteiger partial charge in [-0.25, -0.2) is 4.79 Å². The first-order chi connectivity index (χ1) is 9.99. The number of aryl methyl sites for hydroxylation is 1. The van der Waals surface area contributed by atoms with Crippen molar-refractivity contribution in [2.24, 2.45) is 14.1 Å². The molecule has 110 valence electrons. The minimum atomic E-state index is -0.430. The summed E-state index contributed by atoms with van der Waals surface area (Å²) in [5.41, 5.74) is -0.550. The van der Waals surface area contributed by atoms with E-state index in [1.807, 2.05) is 17.5 Å². The molecule has 21 heavy (non-hydrogen) atoms. The predicted molar refractivity (Wildman–Crippen MR) is 82.1 cm³/mol. The summed E-state index contributed by atoms with van der Waals surface area (Å²) in [6, 6.07) is 3.84. The number of hydrogen-bond donors (Lipinski definition) is 1. The second kappa shape index (κ2) is 6.36. The Bertz CT molecular complexity index is 785. The molecule has 0 aliphatic carbocycles. The highest BCUT2D eigenvalue weighted by atomic mass is 32.1. The molecule has 0 unspecified atom stereocenters. The number of rotatable bonds is 4. The molecular weight excluding hydrogens is 290 g/mol. The van der Waals surface area contributed by atoms with E-state index >= 15 is 0 Å². The van der Waals surface area contributed by atoms with Gasteiger partial charge in [0.25, 0.3) is 5.56 Å². The van der Waals surface area contributed by atoms with Crippen molar-refractivity contribution in [1.29, 1.82) is 0 Å². The molecule has 1 amide bonds. The van der Waals surface area contributed by atoms with E-state index in [0.29, 0.717) is 6.54 Å². The van der Waals surface area contributed by atoms with Gasteiger partial charge in [-0.1, -0.05) is 6.07 Å². The van der Waals surface area contributed by atoms with Crippen LogP contribution in [0.2, 0.25) is 0 Å². The smallest absolute Gasteiger partial charge is 0.330 e. The van der Waals surface area contributed by atoms with Crippen LogP contribution in [-0.4, -0.2) is 15.0 Å². The average molecular weight is 305 g/mol. The molecule has 0 bridgehead atoms. The van der Waals surface area contributed by atoms with Gasteiger partial charge in [0, 0.05) is 31.2 Å². The molecule has 2 heterocycles. The Kier molecular flexibility index (Phi) is 4.54. The third kappa shape index (κ3) is 3.57. The summed E-state index contributed by atoms with van der Waals surface area (Å²) < 4.78 is 2.30. The monoisotopic (exact) mass is 305 g/mol. The van der Waals surface area contributed by atoms with Gasteiger partial charge < -0.3 is 9.88 Å². The maximum absolute atomic E-state index is 11.9. The second-order valence-electron chi connectivity index (χ2n) is 4.47. The normalized spacial score (nSPS) is 11.0. The minimum absolute atomic E-state index is 0.283. The number of carbonyl (C=O) groups excluding carboxylic acids is 1. The Hall–Kier alpha value is -2.41. The number of carbonyl (C=O) groups is 1. The van der Waals surface area contributed by atoms with Gasteiger partial charge in [-0.05, 0) is 17.5 Å². The maximum Gasteiger partial charge on any atom is 0.330 e. The lowest BCUT2D eigenvalue weighted by Gasteiger charge is -2.03. The SMILES string of the molecule is Cn1cc(/C=C/C(=O)NCc2cccs2)c(=O)n(C)c1=O.